The Labute approximate surface area is 95.5 Å². The first-order chi connectivity index (χ1) is 7.17. The zero-order chi connectivity index (χ0) is 11.3. The molecule has 0 aliphatic rings. The summed E-state index contributed by atoms with van der Waals surface area (Å²) in [5.74, 6) is 1.04. The second kappa shape index (κ2) is 5.75. The molecule has 15 heavy (non-hydrogen) atoms. The monoisotopic (exact) mass is 228 g/mol. The van der Waals surface area contributed by atoms with Crippen molar-refractivity contribution in [2.45, 2.75) is 26.7 Å². The van der Waals surface area contributed by atoms with Crippen LogP contribution in [0.2, 0.25) is 5.15 Å². The molecule has 0 radical (unpaired) electrons. The van der Waals surface area contributed by atoms with E-state index < -0.39 is 0 Å². The Kier molecular flexibility index (Phi) is 4.62. The summed E-state index contributed by atoms with van der Waals surface area (Å²) in [6, 6.07) is 1.75. The maximum absolute atomic E-state index is 5.83. The first-order valence-electron chi connectivity index (χ1n) is 5.22. The van der Waals surface area contributed by atoms with Crippen LogP contribution in [0.4, 0.5) is 11.8 Å². The number of hydrogen-bond acceptors (Lipinski definition) is 4. The van der Waals surface area contributed by atoms with Crippen molar-refractivity contribution in [3.8, 4) is 0 Å². The van der Waals surface area contributed by atoms with Gasteiger partial charge in [-0.25, -0.2) is 4.98 Å². The van der Waals surface area contributed by atoms with E-state index in [0.717, 1.165) is 31.7 Å². The zero-order valence-electron chi connectivity index (χ0n) is 9.20. The van der Waals surface area contributed by atoms with E-state index >= 15 is 0 Å². The van der Waals surface area contributed by atoms with Crippen molar-refractivity contribution in [3.05, 3.63) is 11.2 Å². The largest absolute Gasteiger partial charge is 0.368 e. The fourth-order valence-electron chi connectivity index (χ4n) is 1.37. The molecule has 0 aliphatic carbocycles. The van der Waals surface area contributed by atoms with Crippen molar-refractivity contribution in [1.29, 1.82) is 0 Å². The Morgan fingerprint density at radius 3 is 2.67 bits per heavy atom. The van der Waals surface area contributed by atoms with Crippen LogP contribution < -0.4 is 10.6 Å². The smallest absolute Gasteiger partial charge is 0.223 e. The molecular weight excluding hydrogens is 212 g/mol. The number of nitrogens with zero attached hydrogens (tertiary/aromatic N) is 3. The first-order valence-corrected chi connectivity index (χ1v) is 5.60. The van der Waals surface area contributed by atoms with E-state index in [4.69, 9.17) is 17.3 Å². The maximum atomic E-state index is 5.83. The Bertz CT molecular complexity index is 296. The topological polar surface area (TPSA) is 55.0 Å². The number of nitrogens with two attached hydrogens (primary N) is 1. The summed E-state index contributed by atoms with van der Waals surface area (Å²) in [7, 11) is 0. The molecule has 1 aromatic heterocycles. The third-order valence-electron chi connectivity index (χ3n) is 2.19. The molecule has 84 valence electrons. The molecule has 1 heterocycles. The van der Waals surface area contributed by atoms with Gasteiger partial charge in [-0.2, -0.15) is 4.98 Å². The molecule has 0 saturated carbocycles. The summed E-state index contributed by atoms with van der Waals surface area (Å²) in [4.78, 5) is 10.1. The molecule has 1 rings (SSSR count). The van der Waals surface area contributed by atoms with Crippen LogP contribution in [0.1, 0.15) is 26.7 Å². The van der Waals surface area contributed by atoms with E-state index in [1.807, 2.05) is 0 Å². The lowest BCUT2D eigenvalue weighted by atomic mass is 10.3. The minimum atomic E-state index is 0.229. The molecule has 4 nitrogen and oxygen atoms in total. The van der Waals surface area contributed by atoms with Crippen LogP contribution in [-0.4, -0.2) is 23.1 Å². The molecule has 0 atom stereocenters. The van der Waals surface area contributed by atoms with Gasteiger partial charge in [0.25, 0.3) is 0 Å². The minimum Gasteiger partial charge on any atom is -0.368 e. The molecule has 0 fully saturated rings. The average Bonchev–Trinajstić information content (AvgIpc) is 2.17. The molecule has 0 unspecified atom stereocenters. The van der Waals surface area contributed by atoms with Gasteiger partial charge >= 0.3 is 0 Å². The SMILES string of the molecule is CCCCN(CC)c1cc(Cl)nc(N)n1. The predicted octanol–water partition coefficient (Wildman–Crippen LogP) is 2.34. The Morgan fingerprint density at radius 1 is 1.40 bits per heavy atom. The number of halogens is 1. The van der Waals surface area contributed by atoms with E-state index in [2.05, 4.69) is 28.7 Å². The van der Waals surface area contributed by atoms with Crippen molar-refractivity contribution in [3.63, 3.8) is 0 Å². The summed E-state index contributed by atoms with van der Waals surface area (Å²) in [6.45, 7) is 6.11. The molecule has 0 aromatic carbocycles. The summed E-state index contributed by atoms with van der Waals surface area (Å²) in [5.41, 5.74) is 5.55. The van der Waals surface area contributed by atoms with Gasteiger partial charge in [-0.15, -0.1) is 0 Å². The molecule has 0 spiro atoms. The second-order valence-electron chi connectivity index (χ2n) is 3.34. The third-order valence-corrected chi connectivity index (χ3v) is 2.38. The van der Waals surface area contributed by atoms with Gasteiger partial charge < -0.3 is 10.6 Å². The Morgan fingerprint density at radius 2 is 2.13 bits per heavy atom. The molecule has 1 aromatic rings. The summed E-state index contributed by atoms with van der Waals surface area (Å²) < 4.78 is 0. The van der Waals surface area contributed by atoms with Crippen molar-refractivity contribution >= 4 is 23.4 Å². The van der Waals surface area contributed by atoms with Crippen molar-refractivity contribution in [2.24, 2.45) is 0 Å². The highest BCUT2D eigenvalue weighted by atomic mass is 35.5. The Balaban J connectivity index is 2.81. The van der Waals surface area contributed by atoms with Crippen LogP contribution in [0.3, 0.4) is 0 Å². The van der Waals surface area contributed by atoms with E-state index in [-0.39, 0.29) is 5.95 Å². The molecule has 5 heteroatoms. The van der Waals surface area contributed by atoms with Gasteiger partial charge in [-0.3, -0.25) is 0 Å². The van der Waals surface area contributed by atoms with Gasteiger partial charge in [0.05, 0.1) is 0 Å². The average molecular weight is 229 g/mol. The third kappa shape index (κ3) is 3.55. The van der Waals surface area contributed by atoms with Crippen LogP contribution >= 0.6 is 11.6 Å². The fraction of sp³-hybridized carbons (Fsp3) is 0.600. The van der Waals surface area contributed by atoms with Crippen LogP contribution in [-0.2, 0) is 0 Å². The predicted molar refractivity (Wildman–Crippen MR) is 64.2 cm³/mol. The van der Waals surface area contributed by atoms with Crippen LogP contribution in [0.25, 0.3) is 0 Å². The number of unbranched alkanes of at least 4 members (excludes halogenated alkanes) is 1. The van der Waals surface area contributed by atoms with Crippen LogP contribution in [0.15, 0.2) is 6.07 Å². The number of rotatable bonds is 5. The normalized spacial score (nSPS) is 10.3. The maximum Gasteiger partial charge on any atom is 0.223 e. The number of hydrogen-bond donors (Lipinski definition) is 1. The van der Waals surface area contributed by atoms with E-state index in [1.54, 1.807) is 6.07 Å². The van der Waals surface area contributed by atoms with E-state index in [1.165, 1.54) is 0 Å². The highest BCUT2D eigenvalue weighted by molar-refractivity contribution is 6.29. The highest BCUT2D eigenvalue weighted by Crippen LogP contribution is 2.17. The molecule has 0 bridgehead atoms. The van der Waals surface area contributed by atoms with E-state index in [9.17, 15) is 0 Å². The van der Waals surface area contributed by atoms with Crippen LogP contribution in [0, 0.1) is 0 Å². The summed E-state index contributed by atoms with van der Waals surface area (Å²) >= 11 is 5.83. The van der Waals surface area contributed by atoms with Crippen molar-refractivity contribution in [1.82, 2.24) is 9.97 Å². The van der Waals surface area contributed by atoms with Crippen LogP contribution in [0.5, 0.6) is 0 Å². The summed E-state index contributed by atoms with van der Waals surface area (Å²) in [6.07, 6.45) is 2.29. The second-order valence-corrected chi connectivity index (χ2v) is 3.73. The van der Waals surface area contributed by atoms with Gasteiger partial charge in [-0.05, 0) is 13.3 Å². The van der Waals surface area contributed by atoms with Gasteiger partial charge in [0, 0.05) is 19.2 Å². The Hall–Kier alpha value is -1.03. The van der Waals surface area contributed by atoms with Crippen molar-refractivity contribution < 1.29 is 0 Å². The standard InChI is InChI=1S/C10H17ClN4/c1-3-5-6-15(4-2)9-7-8(11)13-10(12)14-9/h7H,3-6H2,1-2H3,(H2,12,13,14). The minimum absolute atomic E-state index is 0.229. The quantitative estimate of drug-likeness (QED) is 0.786. The molecule has 0 saturated heterocycles. The molecule has 2 N–H and O–H groups in total. The zero-order valence-corrected chi connectivity index (χ0v) is 9.96. The molecule has 0 aliphatic heterocycles. The summed E-state index contributed by atoms with van der Waals surface area (Å²) in [5, 5.41) is 0.396. The van der Waals surface area contributed by atoms with Gasteiger partial charge in [0.1, 0.15) is 11.0 Å². The number of nitrogen functional groups attached to an aromatic ring is 1. The van der Waals surface area contributed by atoms with Gasteiger partial charge in [-0.1, -0.05) is 24.9 Å². The lowest BCUT2D eigenvalue weighted by molar-refractivity contribution is 0.723. The lowest BCUT2D eigenvalue weighted by Gasteiger charge is -2.21. The van der Waals surface area contributed by atoms with E-state index in [0.29, 0.717) is 5.15 Å². The highest BCUT2D eigenvalue weighted by Gasteiger charge is 2.07. The molecule has 0 amide bonds. The first kappa shape index (κ1) is 12.0. The molecular formula is C10H17ClN4. The lowest BCUT2D eigenvalue weighted by Crippen LogP contribution is -2.25. The van der Waals surface area contributed by atoms with Crippen molar-refractivity contribution in [2.75, 3.05) is 23.7 Å². The number of aromatic nitrogens is 2. The number of anilines is 2. The van der Waals surface area contributed by atoms with Gasteiger partial charge in [0.2, 0.25) is 5.95 Å². The fourth-order valence-corrected chi connectivity index (χ4v) is 1.55. The van der Waals surface area contributed by atoms with Gasteiger partial charge in [0.15, 0.2) is 0 Å².